The molecular formula is C10H13N5. The molecular weight excluding hydrogens is 190 g/mol. The molecule has 0 aliphatic carbocycles. The lowest BCUT2D eigenvalue weighted by atomic mass is 10.4. The molecule has 15 heavy (non-hydrogen) atoms. The summed E-state index contributed by atoms with van der Waals surface area (Å²) in [7, 11) is 0. The van der Waals surface area contributed by atoms with E-state index in [0.29, 0.717) is 0 Å². The van der Waals surface area contributed by atoms with E-state index in [2.05, 4.69) is 25.2 Å². The molecule has 2 aromatic heterocycles. The standard InChI is InChI=1S/C10H13N5/c1-2-8-9(12-3-1)14-10(13-8)15-6-4-11-5-7-15/h1-3,11H,4-7H2,(H,12,13,14). The van der Waals surface area contributed by atoms with E-state index in [-0.39, 0.29) is 0 Å². The van der Waals surface area contributed by atoms with Gasteiger partial charge in [-0.1, -0.05) is 0 Å². The van der Waals surface area contributed by atoms with Gasteiger partial charge in [-0.3, -0.25) is 0 Å². The predicted molar refractivity (Wildman–Crippen MR) is 59.0 cm³/mol. The lowest BCUT2D eigenvalue weighted by Gasteiger charge is -2.26. The van der Waals surface area contributed by atoms with Crippen molar-refractivity contribution in [3.05, 3.63) is 18.3 Å². The summed E-state index contributed by atoms with van der Waals surface area (Å²) in [5.41, 5.74) is 1.80. The summed E-state index contributed by atoms with van der Waals surface area (Å²) in [5, 5.41) is 3.32. The third-order valence-electron chi connectivity index (χ3n) is 2.66. The highest BCUT2D eigenvalue weighted by Crippen LogP contribution is 2.15. The van der Waals surface area contributed by atoms with Gasteiger partial charge in [0.05, 0.1) is 5.52 Å². The summed E-state index contributed by atoms with van der Waals surface area (Å²) in [4.78, 5) is 14.2. The molecule has 0 saturated carbocycles. The van der Waals surface area contributed by atoms with Crippen LogP contribution in [0.5, 0.6) is 0 Å². The minimum Gasteiger partial charge on any atom is -0.340 e. The maximum atomic E-state index is 4.47. The molecule has 0 bridgehead atoms. The van der Waals surface area contributed by atoms with E-state index >= 15 is 0 Å². The maximum Gasteiger partial charge on any atom is 0.205 e. The van der Waals surface area contributed by atoms with Gasteiger partial charge in [0, 0.05) is 32.4 Å². The molecule has 3 heterocycles. The van der Waals surface area contributed by atoms with Crippen molar-refractivity contribution in [2.45, 2.75) is 0 Å². The van der Waals surface area contributed by atoms with Crippen LogP contribution in [-0.2, 0) is 0 Å². The Hall–Kier alpha value is -1.62. The maximum absolute atomic E-state index is 4.47. The molecule has 0 atom stereocenters. The number of fused-ring (bicyclic) bond motifs is 1. The van der Waals surface area contributed by atoms with Gasteiger partial charge in [-0.2, -0.15) is 4.98 Å². The second kappa shape index (κ2) is 3.51. The van der Waals surface area contributed by atoms with E-state index in [0.717, 1.165) is 43.3 Å². The van der Waals surface area contributed by atoms with Crippen LogP contribution in [0.15, 0.2) is 18.3 Å². The Labute approximate surface area is 87.5 Å². The lowest BCUT2D eigenvalue weighted by molar-refractivity contribution is 0.582. The SMILES string of the molecule is c1cnc2nc(N3CCNCC3)[nH]c2c1. The average Bonchev–Trinajstić information content (AvgIpc) is 2.74. The number of H-pyrrole nitrogens is 1. The van der Waals surface area contributed by atoms with Crippen molar-refractivity contribution >= 4 is 17.1 Å². The molecule has 2 N–H and O–H groups in total. The van der Waals surface area contributed by atoms with Crippen molar-refractivity contribution in [1.82, 2.24) is 20.3 Å². The van der Waals surface area contributed by atoms with Crippen LogP contribution in [0.25, 0.3) is 11.2 Å². The highest BCUT2D eigenvalue weighted by atomic mass is 15.3. The Bertz CT molecular complexity index is 425. The highest BCUT2D eigenvalue weighted by molar-refractivity contribution is 5.73. The molecule has 3 rings (SSSR count). The van der Waals surface area contributed by atoms with Gasteiger partial charge in [0.1, 0.15) is 0 Å². The van der Waals surface area contributed by atoms with Crippen molar-refractivity contribution in [1.29, 1.82) is 0 Å². The first-order valence-electron chi connectivity index (χ1n) is 5.20. The Balaban J connectivity index is 1.96. The van der Waals surface area contributed by atoms with Gasteiger partial charge in [0.25, 0.3) is 0 Å². The second-order valence-corrected chi connectivity index (χ2v) is 3.67. The molecule has 1 aliphatic heterocycles. The Morgan fingerprint density at radius 2 is 2.13 bits per heavy atom. The minimum absolute atomic E-state index is 0.797. The molecule has 5 nitrogen and oxygen atoms in total. The lowest BCUT2D eigenvalue weighted by Crippen LogP contribution is -2.44. The number of nitrogens with one attached hydrogen (secondary N) is 2. The fraction of sp³-hybridized carbons (Fsp3) is 0.400. The first-order chi connectivity index (χ1) is 7.43. The van der Waals surface area contributed by atoms with Gasteiger partial charge in [0.2, 0.25) is 5.95 Å². The summed E-state index contributed by atoms with van der Waals surface area (Å²) >= 11 is 0. The zero-order valence-corrected chi connectivity index (χ0v) is 8.40. The van der Waals surface area contributed by atoms with Crippen molar-refractivity contribution in [3.8, 4) is 0 Å². The summed E-state index contributed by atoms with van der Waals surface area (Å²) in [6.45, 7) is 4.04. The first-order valence-corrected chi connectivity index (χ1v) is 5.20. The molecule has 2 aromatic rings. The number of rotatable bonds is 1. The number of pyridine rings is 1. The third kappa shape index (κ3) is 1.55. The Morgan fingerprint density at radius 1 is 1.27 bits per heavy atom. The molecule has 5 heteroatoms. The van der Waals surface area contributed by atoms with E-state index in [1.807, 2.05) is 12.1 Å². The Morgan fingerprint density at radius 3 is 2.93 bits per heavy atom. The number of imidazole rings is 1. The fourth-order valence-corrected chi connectivity index (χ4v) is 1.86. The Kier molecular flexibility index (Phi) is 2.03. The zero-order valence-electron chi connectivity index (χ0n) is 8.40. The molecule has 1 saturated heterocycles. The first kappa shape index (κ1) is 8.67. The number of aromatic nitrogens is 3. The zero-order chi connectivity index (χ0) is 10.1. The number of anilines is 1. The van der Waals surface area contributed by atoms with Crippen molar-refractivity contribution in [2.24, 2.45) is 0 Å². The van der Waals surface area contributed by atoms with Crippen molar-refractivity contribution in [3.63, 3.8) is 0 Å². The quantitative estimate of drug-likeness (QED) is 0.703. The van der Waals surface area contributed by atoms with Crippen molar-refractivity contribution < 1.29 is 0 Å². The molecule has 0 radical (unpaired) electrons. The second-order valence-electron chi connectivity index (χ2n) is 3.67. The van der Waals surface area contributed by atoms with E-state index < -0.39 is 0 Å². The van der Waals surface area contributed by atoms with Crippen LogP contribution in [-0.4, -0.2) is 41.1 Å². The molecule has 0 spiro atoms. The molecule has 78 valence electrons. The normalized spacial score (nSPS) is 17.2. The predicted octanol–water partition coefficient (Wildman–Crippen LogP) is 0.367. The molecule has 0 amide bonds. The molecule has 0 aromatic carbocycles. The van der Waals surface area contributed by atoms with Gasteiger partial charge in [0.15, 0.2) is 5.65 Å². The monoisotopic (exact) mass is 203 g/mol. The fourth-order valence-electron chi connectivity index (χ4n) is 1.86. The smallest absolute Gasteiger partial charge is 0.205 e. The number of hydrogen-bond donors (Lipinski definition) is 2. The number of hydrogen-bond acceptors (Lipinski definition) is 4. The van der Waals surface area contributed by atoms with Crippen LogP contribution in [0, 0.1) is 0 Å². The van der Waals surface area contributed by atoms with Crippen LogP contribution in [0.2, 0.25) is 0 Å². The number of nitrogens with zero attached hydrogens (tertiary/aromatic N) is 3. The van der Waals surface area contributed by atoms with Crippen molar-refractivity contribution in [2.75, 3.05) is 31.1 Å². The van der Waals surface area contributed by atoms with Crippen LogP contribution in [0.4, 0.5) is 5.95 Å². The van der Waals surface area contributed by atoms with Gasteiger partial charge < -0.3 is 15.2 Å². The van der Waals surface area contributed by atoms with Gasteiger partial charge in [-0.15, -0.1) is 0 Å². The van der Waals surface area contributed by atoms with Crippen LogP contribution < -0.4 is 10.2 Å². The topological polar surface area (TPSA) is 56.8 Å². The van der Waals surface area contributed by atoms with E-state index in [9.17, 15) is 0 Å². The summed E-state index contributed by atoms with van der Waals surface area (Å²) < 4.78 is 0. The molecule has 1 fully saturated rings. The van der Waals surface area contributed by atoms with Gasteiger partial charge >= 0.3 is 0 Å². The van der Waals surface area contributed by atoms with E-state index in [1.54, 1.807) is 6.20 Å². The van der Waals surface area contributed by atoms with E-state index in [4.69, 9.17) is 0 Å². The largest absolute Gasteiger partial charge is 0.340 e. The summed E-state index contributed by atoms with van der Waals surface area (Å²) in [6.07, 6.45) is 1.77. The van der Waals surface area contributed by atoms with Gasteiger partial charge in [-0.05, 0) is 12.1 Å². The van der Waals surface area contributed by atoms with E-state index in [1.165, 1.54) is 0 Å². The van der Waals surface area contributed by atoms with Crippen LogP contribution >= 0.6 is 0 Å². The van der Waals surface area contributed by atoms with Crippen LogP contribution in [0.1, 0.15) is 0 Å². The minimum atomic E-state index is 0.797. The highest BCUT2D eigenvalue weighted by Gasteiger charge is 2.13. The summed E-state index contributed by atoms with van der Waals surface area (Å²) in [5.74, 6) is 0.935. The third-order valence-corrected chi connectivity index (χ3v) is 2.66. The number of aromatic amines is 1. The average molecular weight is 203 g/mol. The van der Waals surface area contributed by atoms with Crippen LogP contribution in [0.3, 0.4) is 0 Å². The molecule has 0 unspecified atom stereocenters. The summed E-state index contributed by atoms with van der Waals surface area (Å²) in [6, 6.07) is 3.92. The molecule has 1 aliphatic rings. The van der Waals surface area contributed by atoms with Gasteiger partial charge in [-0.25, -0.2) is 4.98 Å². The number of piperazine rings is 1.